The molecule has 0 spiro atoms. The average Bonchev–Trinajstić information content (AvgIpc) is 4.04. The van der Waals surface area contributed by atoms with E-state index in [1.165, 1.54) is 73.4 Å². The summed E-state index contributed by atoms with van der Waals surface area (Å²) in [5, 5.41) is 9.76. The van der Waals surface area contributed by atoms with Gasteiger partial charge in [0.25, 0.3) is 0 Å². The van der Waals surface area contributed by atoms with E-state index < -0.39 is 0 Å². The third kappa shape index (κ3) is 5.54. The molecule has 0 N–H and O–H groups in total. The van der Waals surface area contributed by atoms with Crippen molar-refractivity contribution >= 4 is 113 Å². The lowest BCUT2D eigenvalue weighted by Crippen LogP contribution is -2.10. The standard InChI is InChI=1S/C58H35NOS2/c1-2-12-36(13-3-1)37-28-31-42(32-29-37)59(50-21-11-20-48-46-17-7-9-23-54(46)62-58(48)50)51-35-41(34-49-55-43-15-5-4-14-39(43)30-33-52(55)60-56(49)51)38-24-26-40(27-25-38)44-18-10-19-47-45-16-6-8-22-53(45)61-57(44)47/h1-35H. The van der Waals surface area contributed by atoms with E-state index in [-0.39, 0.29) is 0 Å². The van der Waals surface area contributed by atoms with Crippen molar-refractivity contribution in [3.63, 3.8) is 0 Å². The molecule has 0 aliphatic heterocycles. The number of nitrogens with zero attached hydrogens (tertiary/aromatic N) is 1. The highest BCUT2D eigenvalue weighted by atomic mass is 32.1. The fourth-order valence-electron chi connectivity index (χ4n) is 9.53. The number of thiophene rings is 2. The van der Waals surface area contributed by atoms with Gasteiger partial charge in [0.1, 0.15) is 5.58 Å². The molecule has 2 nitrogen and oxygen atoms in total. The molecule has 0 saturated heterocycles. The molecule has 0 bridgehead atoms. The molecular formula is C58H35NOS2. The summed E-state index contributed by atoms with van der Waals surface area (Å²) in [7, 11) is 0. The van der Waals surface area contributed by atoms with Gasteiger partial charge in [-0.05, 0) is 92.7 Å². The van der Waals surface area contributed by atoms with Crippen LogP contribution in [-0.2, 0) is 0 Å². The molecule has 13 rings (SSSR count). The molecule has 10 aromatic carbocycles. The third-order valence-electron chi connectivity index (χ3n) is 12.5. The molecule has 3 aromatic heterocycles. The summed E-state index contributed by atoms with van der Waals surface area (Å²) in [5.74, 6) is 0. The summed E-state index contributed by atoms with van der Waals surface area (Å²) in [4.78, 5) is 2.43. The number of rotatable bonds is 6. The van der Waals surface area contributed by atoms with Crippen LogP contribution in [0.5, 0.6) is 0 Å². The fourth-order valence-corrected chi connectivity index (χ4v) is 12.0. The Morgan fingerprint density at radius 2 is 0.935 bits per heavy atom. The third-order valence-corrected chi connectivity index (χ3v) is 14.9. The molecule has 0 aliphatic carbocycles. The van der Waals surface area contributed by atoms with Crippen molar-refractivity contribution in [2.75, 3.05) is 4.90 Å². The van der Waals surface area contributed by atoms with E-state index >= 15 is 0 Å². The van der Waals surface area contributed by atoms with Crippen LogP contribution >= 0.6 is 22.7 Å². The first-order valence-corrected chi connectivity index (χ1v) is 22.6. The predicted molar refractivity (Wildman–Crippen MR) is 268 cm³/mol. The van der Waals surface area contributed by atoms with Crippen molar-refractivity contribution in [3.8, 4) is 33.4 Å². The minimum absolute atomic E-state index is 0.860. The monoisotopic (exact) mass is 825 g/mol. The molecule has 3 heterocycles. The summed E-state index contributed by atoms with van der Waals surface area (Å²) in [6.45, 7) is 0. The van der Waals surface area contributed by atoms with Crippen molar-refractivity contribution < 1.29 is 4.42 Å². The van der Waals surface area contributed by atoms with Gasteiger partial charge < -0.3 is 9.32 Å². The van der Waals surface area contributed by atoms with Crippen LogP contribution in [0.25, 0.3) is 106 Å². The van der Waals surface area contributed by atoms with Crippen molar-refractivity contribution in [2.45, 2.75) is 0 Å². The molecule has 0 aliphatic rings. The SMILES string of the molecule is c1ccc(-c2ccc(N(c3cc(-c4ccc(-c5cccc6c5sc5ccccc56)cc4)cc4c3oc3ccc5ccccc5c34)c3cccc4c3sc3ccccc34)cc2)cc1. The van der Waals surface area contributed by atoms with Gasteiger partial charge in [-0.25, -0.2) is 0 Å². The zero-order valence-corrected chi connectivity index (χ0v) is 35.0. The van der Waals surface area contributed by atoms with Gasteiger partial charge in [0.2, 0.25) is 0 Å². The first kappa shape index (κ1) is 35.3. The maximum atomic E-state index is 7.08. The normalized spacial score (nSPS) is 11.9. The lowest BCUT2D eigenvalue weighted by Gasteiger charge is -2.27. The molecule has 0 unspecified atom stereocenters. The van der Waals surface area contributed by atoms with Crippen molar-refractivity contribution in [1.29, 1.82) is 0 Å². The molecule has 0 amide bonds. The number of hydrogen-bond acceptors (Lipinski definition) is 4. The Labute approximate surface area is 365 Å². The van der Waals surface area contributed by atoms with Gasteiger partial charge in [0, 0.05) is 52.1 Å². The second-order valence-corrected chi connectivity index (χ2v) is 18.1. The van der Waals surface area contributed by atoms with Gasteiger partial charge in [-0.1, -0.05) is 164 Å². The fraction of sp³-hybridized carbons (Fsp3) is 0. The molecule has 4 heteroatoms. The molecule has 62 heavy (non-hydrogen) atoms. The van der Waals surface area contributed by atoms with Crippen LogP contribution in [0.1, 0.15) is 0 Å². The van der Waals surface area contributed by atoms with Gasteiger partial charge >= 0.3 is 0 Å². The highest BCUT2D eigenvalue weighted by Crippen LogP contribution is 2.50. The Hall–Kier alpha value is -7.50. The van der Waals surface area contributed by atoms with E-state index in [2.05, 4.69) is 217 Å². The zero-order chi connectivity index (χ0) is 40.7. The Bertz CT molecular complexity index is 3860. The maximum Gasteiger partial charge on any atom is 0.159 e. The van der Waals surface area contributed by atoms with E-state index in [1.807, 2.05) is 22.7 Å². The largest absolute Gasteiger partial charge is 0.454 e. The Morgan fingerprint density at radius 3 is 1.71 bits per heavy atom. The number of anilines is 3. The summed E-state index contributed by atoms with van der Waals surface area (Å²) >= 11 is 3.72. The first-order chi connectivity index (χ1) is 30.7. The minimum Gasteiger partial charge on any atom is -0.454 e. The van der Waals surface area contributed by atoms with Crippen molar-refractivity contribution in [1.82, 2.24) is 0 Å². The molecule has 0 saturated carbocycles. The predicted octanol–water partition coefficient (Wildman–Crippen LogP) is 17.9. The number of furan rings is 1. The molecular weight excluding hydrogens is 791 g/mol. The van der Waals surface area contributed by atoms with Gasteiger partial charge in [-0.2, -0.15) is 0 Å². The number of fused-ring (bicyclic) bond motifs is 11. The van der Waals surface area contributed by atoms with Crippen LogP contribution in [0.3, 0.4) is 0 Å². The van der Waals surface area contributed by atoms with Gasteiger partial charge in [-0.3, -0.25) is 0 Å². The summed E-state index contributed by atoms with van der Waals surface area (Å²) < 4.78 is 12.2. The van der Waals surface area contributed by atoms with E-state index in [0.717, 1.165) is 50.1 Å². The quantitative estimate of drug-likeness (QED) is 0.166. The molecule has 13 aromatic rings. The summed E-state index contributed by atoms with van der Waals surface area (Å²) in [6.07, 6.45) is 0. The van der Waals surface area contributed by atoms with Gasteiger partial charge in [0.05, 0.1) is 16.1 Å². The van der Waals surface area contributed by atoms with Crippen molar-refractivity contribution in [3.05, 3.63) is 212 Å². The van der Waals surface area contributed by atoms with Crippen molar-refractivity contribution in [2.24, 2.45) is 0 Å². The van der Waals surface area contributed by atoms with Crippen LogP contribution in [0.15, 0.2) is 217 Å². The highest BCUT2D eigenvalue weighted by Gasteiger charge is 2.25. The lowest BCUT2D eigenvalue weighted by atomic mass is 9.96. The summed E-state index contributed by atoms with van der Waals surface area (Å²) in [5.41, 5.74) is 12.0. The zero-order valence-electron chi connectivity index (χ0n) is 33.4. The maximum absolute atomic E-state index is 7.08. The van der Waals surface area contributed by atoms with Crippen LogP contribution in [-0.4, -0.2) is 0 Å². The molecule has 0 atom stereocenters. The van der Waals surface area contributed by atoms with E-state index in [4.69, 9.17) is 4.42 Å². The van der Waals surface area contributed by atoms with Crippen LogP contribution in [0.4, 0.5) is 17.1 Å². The smallest absolute Gasteiger partial charge is 0.159 e. The number of hydrogen-bond donors (Lipinski definition) is 0. The van der Waals surface area contributed by atoms with E-state index in [1.54, 1.807) is 0 Å². The Kier molecular flexibility index (Phi) is 7.99. The first-order valence-electron chi connectivity index (χ1n) is 21.0. The minimum atomic E-state index is 0.860. The van der Waals surface area contributed by atoms with Gasteiger partial charge in [-0.15, -0.1) is 22.7 Å². The van der Waals surface area contributed by atoms with Gasteiger partial charge in [0.15, 0.2) is 5.58 Å². The Balaban J connectivity index is 1.06. The summed E-state index contributed by atoms with van der Waals surface area (Å²) in [6, 6.07) is 77.3. The average molecular weight is 826 g/mol. The Morgan fingerprint density at radius 1 is 0.355 bits per heavy atom. The van der Waals surface area contributed by atoms with E-state index in [0.29, 0.717) is 0 Å². The second kappa shape index (κ2) is 14.0. The highest BCUT2D eigenvalue weighted by molar-refractivity contribution is 7.26. The molecule has 290 valence electrons. The second-order valence-electron chi connectivity index (χ2n) is 16.0. The van der Waals surface area contributed by atoms with Crippen LogP contribution in [0, 0.1) is 0 Å². The van der Waals surface area contributed by atoms with E-state index in [9.17, 15) is 0 Å². The van der Waals surface area contributed by atoms with Crippen LogP contribution in [0.2, 0.25) is 0 Å². The lowest BCUT2D eigenvalue weighted by molar-refractivity contribution is 0.669. The number of benzene rings is 10. The topological polar surface area (TPSA) is 16.4 Å². The molecule has 0 radical (unpaired) electrons. The molecule has 0 fully saturated rings. The van der Waals surface area contributed by atoms with Crippen LogP contribution < -0.4 is 4.90 Å².